The molecular weight excluding hydrogens is 434 g/mol. The minimum atomic E-state index is -0.623. The molecule has 3 nitrogen and oxygen atoms in total. The molecule has 0 atom stereocenters. The molecule has 0 fully saturated rings. The van der Waals surface area contributed by atoms with E-state index in [1.165, 1.54) is 35.2 Å². The molecule has 0 unspecified atom stereocenters. The van der Waals surface area contributed by atoms with Gasteiger partial charge in [0.05, 0.1) is 5.52 Å². The van der Waals surface area contributed by atoms with Crippen LogP contribution in [0.25, 0.3) is 10.2 Å². The molecule has 0 saturated heterocycles. The van der Waals surface area contributed by atoms with Gasteiger partial charge in [-0.2, -0.15) is 0 Å². The lowest BCUT2D eigenvalue weighted by molar-refractivity contribution is 0.581. The highest BCUT2D eigenvalue weighted by Gasteiger charge is 2.13. The fourth-order valence-electron chi connectivity index (χ4n) is 2.96. The Morgan fingerprint density at radius 2 is 1.76 bits per heavy atom. The first kappa shape index (κ1) is 20.1. The van der Waals surface area contributed by atoms with Crippen LogP contribution in [0.5, 0.6) is 0 Å². The van der Waals surface area contributed by atoms with Crippen LogP contribution in [0.1, 0.15) is 11.1 Å². The third-order valence-corrected chi connectivity index (χ3v) is 6.55. The average Bonchev–Trinajstić information content (AvgIpc) is 3.15. The van der Waals surface area contributed by atoms with Gasteiger partial charge in [0.1, 0.15) is 16.3 Å². The van der Waals surface area contributed by atoms with Gasteiger partial charge in [0.25, 0.3) is 5.56 Å². The van der Waals surface area contributed by atoms with E-state index < -0.39 is 11.6 Å². The number of thiophene rings is 1. The second-order valence-corrected chi connectivity index (χ2v) is 8.72. The highest BCUT2D eigenvalue weighted by Crippen LogP contribution is 2.25. The van der Waals surface area contributed by atoms with Gasteiger partial charge in [-0.25, -0.2) is 13.8 Å². The number of fused-ring (bicyclic) bond motifs is 1. The van der Waals surface area contributed by atoms with Crippen LogP contribution in [-0.2, 0) is 18.7 Å². The van der Waals surface area contributed by atoms with Crippen LogP contribution in [-0.4, -0.2) is 9.55 Å². The van der Waals surface area contributed by atoms with E-state index in [0.717, 1.165) is 11.6 Å². The molecule has 0 aliphatic rings. The van der Waals surface area contributed by atoms with Gasteiger partial charge in [-0.1, -0.05) is 35.5 Å². The summed E-state index contributed by atoms with van der Waals surface area (Å²) in [5, 5.41) is 3.02. The fraction of sp³-hybridized carbons (Fsp3) is 0.143. The second kappa shape index (κ2) is 8.65. The van der Waals surface area contributed by atoms with Crippen LogP contribution in [0.2, 0.25) is 5.02 Å². The van der Waals surface area contributed by atoms with Crippen molar-refractivity contribution in [3.63, 3.8) is 0 Å². The Hall–Kier alpha value is -2.22. The zero-order valence-electron chi connectivity index (χ0n) is 15.1. The summed E-state index contributed by atoms with van der Waals surface area (Å²) in [6.45, 7) is 0.446. The van der Waals surface area contributed by atoms with E-state index in [9.17, 15) is 13.6 Å². The predicted octanol–water partition coefficient (Wildman–Crippen LogP) is 5.92. The van der Waals surface area contributed by atoms with E-state index in [2.05, 4.69) is 4.98 Å². The average molecular weight is 449 g/mol. The lowest BCUT2D eigenvalue weighted by Crippen LogP contribution is -2.23. The lowest BCUT2D eigenvalue weighted by atomic mass is 10.1. The van der Waals surface area contributed by atoms with Crippen LogP contribution >= 0.6 is 34.7 Å². The number of hydrogen-bond donors (Lipinski definition) is 0. The van der Waals surface area contributed by atoms with E-state index in [0.29, 0.717) is 44.7 Å². The zero-order chi connectivity index (χ0) is 20.4. The molecule has 0 radical (unpaired) electrons. The van der Waals surface area contributed by atoms with Crippen molar-refractivity contribution < 1.29 is 8.78 Å². The smallest absolute Gasteiger partial charge is 0.272 e. The molecule has 8 heteroatoms. The third-order valence-electron chi connectivity index (χ3n) is 4.36. The summed E-state index contributed by atoms with van der Waals surface area (Å²) >= 11 is 8.58. The number of aryl methyl sites for hydroxylation is 1. The molecular formula is C21H15ClF2N2OS2. The highest BCUT2D eigenvalue weighted by molar-refractivity contribution is 7.98. The number of halogens is 3. The largest absolute Gasteiger partial charge is 0.286 e. The summed E-state index contributed by atoms with van der Waals surface area (Å²) in [7, 11) is 0. The van der Waals surface area contributed by atoms with Crippen molar-refractivity contribution in [2.45, 2.75) is 23.9 Å². The Bertz CT molecular complexity index is 1200. The Morgan fingerprint density at radius 1 is 1.03 bits per heavy atom. The first-order valence-corrected chi connectivity index (χ1v) is 11.0. The maximum atomic E-state index is 13.5. The molecule has 0 aliphatic heterocycles. The normalized spacial score (nSPS) is 11.3. The number of benzene rings is 2. The summed E-state index contributed by atoms with van der Waals surface area (Å²) in [4.78, 5) is 17.6. The van der Waals surface area contributed by atoms with Crippen molar-refractivity contribution in [2.24, 2.45) is 0 Å². The molecule has 0 spiro atoms. The highest BCUT2D eigenvalue weighted by atomic mass is 35.5. The minimum absolute atomic E-state index is 0.105. The minimum Gasteiger partial charge on any atom is -0.286 e. The Balaban J connectivity index is 1.63. The zero-order valence-corrected chi connectivity index (χ0v) is 17.5. The molecule has 2 heterocycles. The van der Waals surface area contributed by atoms with Crippen molar-refractivity contribution in [1.82, 2.24) is 9.55 Å². The van der Waals surface area contributed by atoms with E-state index in [1.54, 1.807) is 10.6 Å². The topological polar surface area (TPSA) is 34.9 Å². The van der Waals surface area contributed by atoms with Crippen LogP contribution < -0.4 is 5.56 Å². The van der Waals surface area contributed by atoms with E-state index in [-0.39, 0.29) is 5.56 Å². The SMILES string of the molecule is O=c1c2sccc2nc(SCc2cc(F)cc(F)c2)n1CCc1ccc(Cl)cc1. The number of hydrogen-bond acceptors (Lipinski definition) is 4. The number of nitrogens with zero attached hydrogens (tertiary/aromatic N) is 2. The Kier molecular flexibility index (Phi) is 5.99. The molecule has 4 aromatic rings. The van der Waals surface area contributed by atoms with Gasteiger partial charge in [-0.05, 0) is 53.3 Å². The molecule has 0 saturated carbocycles. The van der Waals surface area contributed by atoms with Crippen molar-refractivity contribution in [2.75, 3.05) is 0 Å². The maximum absolute atomic E-state index is 13.5. The molecule has 0 bridgehead atoms. The number of aromatic nitrogens is 2. The first-order valence-electron chi connectivity index (χ1n) is 8.80. The standard InChI is InChI=1S/C21H15ClF2N2OS2/c22-15-3-1-13(2-4-15)5-7-26-20(27)19-18(6-8-28-19)25-21(26)29-12-14-9-16(23)11-17(24)10-14/h1-4,6,8-11H,5,7,12H2. The molecule has 29 heavy (non-hydrogen) atoms. The number of rotatable bonds is 6. The molecule has 0 aliphatic carbocycles. The van der Waals surface area contributed by atoms with Crippen molar-refractivity contribution in [1.29, 1.82) is 0 Å². The van der Waals surface area contributed by atoms with Gasteiger partial charge in [-0.3, -0.25) is 9.36 Å². The number of thioether (sulfide) groups is 1. The third kappa shape index (κ3) is 4.69. The quantitative estimate of drug-likeness (QED) is 0.271. The lowest BCUT2D eigenvalue weighted by Gasteiger charge is -2.12. The summed E-state index contributed by atoms with van der Waals surface area (Å²) < 4.78 is 29.2. The molecule has 4 rings (SSSR count). The van der Waals surface area contributed by atoms with E-state index in [4.69, 9.17) is 11.6 Å². The van der Waals surface area contributed by atoms with Gasteiger partial charge >= 0.3 is 0 Å². The fourth-order valence-corrected chi connectivity index (χ4v) is 4.82. The van der Waals surface area contributed by atoms with Crippen molar-refractivity contribution in [3.05, 3.63) is 92.0 Å². The van der Waals surface area contributed by atoms with E-state index >= 15 is 0 Å². The van der Waals surface area contributed by atoms with Crippen molar-refractivity contribution in [3.8, 4) is 0 Å². The summed E-state index contributed by atoms with van der Waals surface area (Å²) in [6, 6.07) is 12.7. The van der Waals surface area contributed by atoms with Crippen LogP contribution in [0.4, 0.5) is 8.78 Å². The summed E-state index contributed by atoms with van der Waals surface area (Å²) in [6.07, 6.45) is 0.637. The molecule has 0 amide bonds. The van der Waals surface area contributed by atoms with Gasteiger partial charge in [-0.15, -0.1) is 11.3 Å². The van der Waals surface area contributed by atoms with Crippen molar-refractivity contribution >= 4 is 44.9 Å². The Morgan fingerprint density at radius 3 is 2.48 bits per heavy atom. The van der Waals surface area contributed by atoms with Gasteiger partial charge in [0.15, 0.2) is 5.16 Å². The van der Waals surface area contributed by atoms with Crippen LogP contribution in [0, 0.1) is 11.6 Å². The molecule has 0 N–H and O–H groups in total. The van der Waals surface area contributed by atoms with Crippen LogP contribution in [0.3, 0.4) is 0 Å². The van der Waals surface area contributed by atoms with Gasteiger partial charge in [0.2, 0.25) is 0 Å². The monoisotopic (exact) mass is 448 g/mol. The maximum Gasteiger partial charge on any atom is 0.272 e. The summed E-state index contributed by atoms with van der Waals surface area (Å²) in [5.41, 5.74) is 2.08. The molecule has 2 aromatic heterocycles. The van der Waals surface area contributed by atoms with E-state index in [1.807, 2.05) is 29.6 Å². The van der Waals surface area contributed by atoms with Crippen LogP contribution in [0.15, 0.2) is 63.9 Å². The second-order valence-electron chi connectivity index (χ2n) is 6.43. The Labute approximate surface area is 179 Å². The van der Waals surface area contributed by atoms with Gasteiger partial charge in [0, 0.05) is 23.4 Å². The van der Waals surface area contributed by atoms with Gasteiger partial charge < -0.3 is 0 Å². The summed E-state index contributed by atoms with van der Waals surface area (Å²) in [5.74, 6) is -0.943. The molecule has 2 aromatic carbocycles. The predicted molar refractivity (Wildman–Crippen MR) is 115 cm³/mol. The first-order chi connectivity index (χ1) is 14.0. The molecule has 148 valence electrons.